The summed E-state index contributed by atoms with van der Waals surface area (Å²) in [5.41, 5.74) is 1.48. The van der Waals surface area contributed by atoms with Gasteiger partial charge in [0.05, 0.1) is 18.7 Å². The second kappa shape index (κ2) is 9.45. The zero-order valence-corrected chi connectivity index (χ0v) is 18.7. The van der Waals surface area contributed by atoms with Crippen LogP contribution < -0.4 is 4.74 Å². The van der Waals surface area contributed by atoms with Gasteiger partial charge in [-0.05, 0) is 55.2 Å². The monoisotopic (exact) mass is 428 g/mol. The Balaban J connectivity index is 2.05. The molecule has 0 radical (unpaired) electrons. The van der Waals surface area contributed by atoms with E-state index in [1.807, 2.05) is 24.4 Å². The van der Waals surface area contributed by atoms with E-state index in [-0.39, 0.29) is 11.3 Å². The number of ketones is 1. The van der Waals surface area contributed by atoms with Gasteiger partial charge in [-0.25, -0.2) is 0 Å². The zero-order valence-electron chi connectivity index (χ0n) is 17.8. The number of aliphatic hydroxyl groups excluding tert-OH is 1. The highest BCUT2D eigenvalue weighted by Crippen LogP contribution is 2.41. The van der Waals surface area contributed by atoms with Gasteiger partial charge in [0.25, 0.3) is 11.7 Å². The number of carbonyl (C=O) groups excluding carboxylic acids is 2. The minimum atomic E-state index is -0.640. The fourth-order valence-electron chi connectivity index (χ4n) is 3.82. The zero-order chi connectivity index (χ0) is 21.8. The number of carbonyl (C=O) groups is 2. The van der Waals surface area contributed by atoms with Crippen molar-refractivity contribution < 1.29 is 19.4 Å². The molecule has 6 nitrogen and oxygen atoms in total. The number of ether oxygens (including phenoxy) is 1. The number of nitrogens with zero attached hydrogens (tertiary/aromatic N) is 2. The molecule has 1 amide bonds. The predicted molar refractivity (Wildman–Crippen MR) is 119 cm³/mol. The van der Waals surface area contributed by atoms with Crippen LogP contribution in [0.15, 0.2) is 41.3 Å². The maximum Gasteiger partial charge on any atom is 0.295 e. The Bertz CT molecular complexity index is 948. The molecule has 0 spiro atoms. The van der Waals surface area contributed by atoms with Crippen molar-refractivity contribution in [1.82, 2.24) is 9.80 Å². The second-order valence-corrected chi connectivity index (χ2v) is 8.20. The molecule has 0 saturated carbocycles. The van der Waals surface area contributed by atoms with Gasteiger partial charge in [-0.3, -0.25) is 9.59 Å². The number of thiophene rings is 1. The number of Topliss-reactive ketones (excluding diaryl/α,β-unsaturated/α-hetero) is 1. The molecule has 1 unspecified atom stereocenters. The molecule has 3 rings (SSSR count). The van der Waals surface area contributed by atoms with Crippen LogP contribution in [0.2, 0.25) is 0 Å². The van der Waals surface area contributed by atoms with Gasteiger partial charge < -0.3 is 19.6 Å². The maximum atomic E-state index is 13.0. The van der Waals surface area contributed by atoms with Gasteiger partial charge in [0, 0.05) is 23.5 Å². The van der Waals surface area contributed by atoms with E-state index in [1.165, 1.54) is 11.3 Å². The van der Waals surface area contributed by atoms with Crippen LogP contribution in [-0.2, 0) is 9.59 Å². The lowest BCUT2D eigenvalue weighted by molar-refractivity contribution is -0.140. The van der Waals surface area contributed by atoms with Gasteiger partial charge in [-0.1, -0.05) is 19.9 Å². The van der Waals surface area contributed by atoms with Crippen LogP contribution in [0.25, 0.3) is 5.76 Å². The first kappa shape index (κ1) is 22.1. The summed E-state index contributed by atoms with van der Waals surface area (Å²) in [4.78, 5) is 30.6. The largest absolute Gasteiger partial charge is 0.507 e. The molecule has 1 N–H and O–H groups in total. The van der Waals surface area contributed by atoms with E-state index >= 15 is 0 Å². The number of hydrogen-bond acceptors (Lipinski definition) is 6. The van der Waals surface area contributed by atoms with E-state index in [9.17, 15) is 14.7 Å². The van der Waals surface area contributed by atoms with Crippen molar-refractivity contribution in [2.45, 2.75) is 26.8 Å². The van der Waals surface area contributed by atoms with E-state index in [0.717, 1.165) is 23.5 Å². The lowest BCUT2D eigenvalue weighted by Crippen LogP contribution is -2.37. The first-order valence-electron chi connectivity index (χ1n) is 10.1. The molecule has 0 aliphatic carbocycles. The number of aliphatic hydroxyl groups is 1. The summed E-state index contributed by atoms with van der Waals surface area (Å²) in [6.07, 6.45) is 0. The summed E-state index contributed by atoms with van der Waals surface area (Å²) in [5, 5.41) is 13.0. The molecule has 2 aromatic rings. The molecule has 30 heavy (non-hydrogen) atoms. The highest BCUT2D eigenvalue weighted by atomic mass is 32.1. The minimum absolute atomic E-state index is 0.145. The molecule has 1 atom stereocenters. The van der Waals surface area contributed by atoms with E-state index in [1.54, 1.807) is 30.2 Å². The quantitative estimate of drug-likeness (QED) is 0.393. The lowest BCUT2D eigenvalue weighted by atomic mass is 9.99. The molecule has 1 aromatic heterocycles. The van der Waals surface area contributed by atoms with Crippen molar-refractivity contribution in [1.29, 1.82) is 0 Å². The van der Waals surface area contributed by atoms with Crippen LogP contribution >= 0.6 is 11.3 Å². The Morgan fingerprint density at radius 1 is 1.23 bits per heavy atom. The minimum Gasteiger partial charge on any atom is -0.507 e. The predicted octanol–water partition coefficient (Wildman–Crippen LogP) is 3.83. The molecule has 1 aliphatic rings. The summed E-state index contributed by atoms with van der Waals surface area (Å²) >= 11 is 1.47. The van der Waals surface area contributed by atoms with Crippen molar-refractivity contribution in [3.05, 3.63) is 57.3 Å². The van der Waals surface area contributed by atoms with E-state index in [4.69, 9.17) is 4.74 Å². The van der Waals surface area contributed by atoms with Crippen molar-refractivity contribution in [2.24, 2.45) is 0 Å². The van der Waals surface area contributed by atoms with E-state index < -0.39 is 17.7 Å². The van der Waals surface area contributed by atoms with Crippen molar-refractivity contribution in [3.8, 4) is 5.75 Å². The summed E-state index contributed by atoms with van der Waals surface area (Å²) in [7, 11) is 1.58. The summed E-state index contributed by atoms with van der Waals surface area (Å²) in [5.74, 6) is -0.657. The molecule has 1 aromatic carbocycles. The summed E-state index contributed by atoms with van der Waals surface area (Å²) in [6.45, 7) is 8.84. The van der Waals surface area contributed by atoms with Crippen LogP contribution in [-0.4, -0.2) is 59.9 Å². The number of benzene rings is 1. The van der Waals surface area contributed by atoms with Crippen LogP contribution in [0.5, 0.6) is 5.75 Å². The Hall–Kier alpha value is -2.64. The van der Waals surface area contributed by atoms with E-state index in [0.29, 0.717) is 24.4 Å². The Labute approximate surface area is 181 Å². The standard InChI is InChI=1S/C23H28N2O4S/c1-5-24(6-2)11-12-25-20(18-8-7-13-30-18)19(22(27)23(25)28)21(26)16-9-10-17(29-4)15(3)14-16/h7-10,13-14,20,26H,5-6,11-12H2,1-4H3/b21-19-. The smallest absolute Gasteiger partial charge is 0.295 e. The highest BCUT2D eigenvalue weighted by Gasteiger charge is 2.46. The van der Waals surface area contributed by atoms with Gasteiger partial charge in [0.2, 0.25) is 0 Å². The molecule has 2 heterocycles. The summed E-state index contributed by atoms with van der Waals surface area (Å²) in [6, 6.07) is 8.43. The van der Waals surface area contributed by atoms with Crippen molar-refractivity contribution in [3.63, 3.8) is 0 Å². The second-order valence-electron chi connectivity index (χ2n) is 7.22. The number of methoxy groups -OCH3 is 1. The highest BCUT2D eigenvalue weighted by molar-refractivity contribution is 7.10. The first-order valence-corrected chi connectivity index (χ1v) is 11.0. The Morgan fingerprint density at radius 2 is 1.97 bits per heavy atom. The van der Waals surface area contributed by atoms with Crippen LogP contribution in [0.1, 0.15) is 35.9 Å². The van der Waals surface area contributed by atoms with Crippen LogP contribution in [0, 0.1) is 6.92 Å². The SMILES string of the molecule is CCN(CC)CCN1C(=O)C(=O)/C(=C(\O)c2ccc(OC)c(C)c2)C1c1cccs1. The third-order valence-corrected chi connectivity index (χ3v) is 6.50. The first-order chi connectivity index (χ1) is 14.4. The van der Waals surface area contributed by atoms with Crippen LogP contribution in [0.4, 0.5) is 0 Å². The normalized spacial score (nSPS) is 18.4. The molecular weight excluding hydrogens is 400 g/mol. The van der Waals surface area contributed by atoms with Gasteiger partial charge in [0.15, 0.2) is 0 Å². The Morgan fingerprint density at radius 3 is 2.53 bits per heavy atom. The third-order valence-electron chi connectivity index (χ3n) is 5.57. The number of aryl methyl sites for hydroxylation is 1. The van der Waals surface area contributed by atoms with Gasteiger partial charge in [-0.2, -0.15) is 0 Å². The fourth-order valence-corrected chi connectivity index (χ4v) is 4.67. The Kier molecular flexibility index (Phi) is 6.95. The van der Waals surface area contributed by atoms with E-state index in [2.05, 4.69) is 18.7 Å². The van der Waals surface area contributed by atoms with Gasteiger partial charge in [0.1, 0.15) is 11.5 Å². The molecule has 7 heteroatoms. The molecule has 1 fully saturated rings. The average molecular weight is 429 g/mol. The molecule has 160 valence electrons. The lowest BCUT2D eigenvalue weighted by Gasteiger charge is -2.27. The van der Waals surface area contributed by atoms with Gasteiger partial charge in [-0.15, -0.1) is 11.3 Å². The van der Waals surface area contributed by atoms with Crippen molar-refractivity contribution >= 4 is 28.8 Å². The maximum absolute atomic E-state index is 13.0. The molecule has 1 saturated heterocycles. The molecule has 0 bridgehead atoms. The number of likely N-dealkylation sites (N-methyl/N-ethyl adjacent to an activating group) is 1. The number of likely N-dealkylation sites (tertiary alicyclic amines) is 1. The summed E-state index contributed by atoms with van der Waals surface area (Å²) < 4.78 is 5.29. The topological polar surface area (TPSA) is 70.1 Å². The fraction of sp³-hybridized carbons (Fsp3) is 0.391. The number of amides is 1. The number of rotatable bonds is 8. The number of hydrogen-bond donors (Lipinski definition) is 1. The van der Waals surface area contributed by atoms with Crippen LogP contribution in [0.3, 0.4) is 0 Å². The average Bonchev–Trinajstić information content (AvgIpc) is 3.36. The molecule has 1 aliphatic heterocycles. The van der Waals surface area contributed by atoms with Gasteiger partial charge >= 0.3 is 0 Å². The third kappa shape index (κ3) is 4.13. The molecular formula is C23H28N2O4S. The van der Waals surface area contributed by atoms with Crippen molar-refractivity contribution in [2.75, 3.05) is 33.3 Å².